The first-order valence-corrected chi connectivity index (χ1v) is 8.32. The van der Waals surface area contributed by atoms with Crippen LogP contribution in [0.15, 0.2) is 18.2 Å². The van der Waals surface area contributed by atoms with E-state index in [0.717, 1.165) is 5.56 Å². The number of nitrogens with one attached hydrogen (secondary N) is 3. The summed E-state index contributed by atoms with van der Waals surface area (Å²) in [6.07, 6.45) is -0.190. The Morgan fingerprint density at radius 1 is 1.20 bits per heavy atom. The summed E-state index contributed by atoms with van der Waals surface area (Å²) in [6, 6.07) is 4.38. The van der Waals surface area contributed by atoms with Gasteiger partial charge in [-0.15, -0.1) is 0 Å². The van der Waals surface area contributed by atoms with Crippen molar-refractivity contribution < 1.29 is 19.1 Å². The third kappa shape index (κ3) is 6.45. The van der Waals surface area contributed by atoms with Crippen molar-refractivity contribution >= 4 is 23.6 Å². The summed E-state index contributed by atoms with van der Waals surface area (Å²) in [7, 11) is 1.25. The zero-order valence-corrected chi connectivity index (χ0v) is 15.4. The SMILES string of the molecule is CCNC(=O)c1ccc(C)c(NC(=O)[C@H](CC(C)C)NC(=O)OC)c1. The van der Waals surface area contributed by atoms with Gasteiger partial charge in [0.15, 0.2) is 0 Å². The molecule has 1 aromatic rings. The molecule has 0 fully saturated rings. The second kappa shape index (κ2) is 9.66. The molecule has 0 aliphatic heterocycles. The van der Waals surface area contributed by atoms with Crippen LogP contribution in [0.3, 0.4) is 0 Å². The highest BCUT2D eigenvalue weighted by atomic mass is 16.5. The summed E-state index contributed by atoms with van der Waals surface area (Å²) in [4.78, 5) is 36.0. The zero-order valence-electron chi connectivity index (χ0n) is 15.4. The maximum absolute atomic E-state index is 12.6. The van der Waals surface area contributed by atoms with Crippen molar-refractivity contribution in [3.8, 4) is 0 Å². The average Bonchev–Trinajstić information content (AvgIpc) is 2.55. The molecule has 1 atom stereocenters. The maximum atomic E-state index is 12.6. The quantitative estimate of drug-likeness (QED) is 0.704. The lowest BCUT2D eigenvalue weighted by Gasteiger charge is -2.20. The number of aryl methyl sites for hydroxylation is 1. The van der Waals surface area contributed by atoms with Gasteiger partial charge in [-0.25, -0.2) is 4.79 Å². The standard InChI is InChI=1S/C18H27N3O4/c1-6-19-16(22)13-8-7-12(4)14(10-13)20-17(23)15(9-11(2)3)21-18(24)25-5/h7-8,10-11,15H,6,9H2,1-5H3,(H,19,22)(H,20,23)(H,21,24)/t15-/m0/s1. The molecule has 1 aromatic carbocycles. The predicted octanol–water partition coefficient (Wildman–Crippen LogP) is 2.45. The number of benzene rings is 1. The molecule has 0 bridgehead atoms. The first kappa shape index (κ1) is 20.5. The molecule has 0 heterocycles. The summed E-state index contributed by atoms with van der Waals surface area (Å²) in [5.74, 6) is -0.352. The molecule has 0 unspecified atom stereocenters. The predicted molar refractivity (Wildman–Crippen MR) is 96.6 cm³/mol. The van der Waals surface area contributed by atoms with E-state index < -0.39 is 12.1 Å². The largest absolute Gasteiger partial charge is 0.453 e. The van der Waals surface area contributed by atoms with Crippen LogP contribution >= 0.6 is 0 Å². The highest BCUT2D eigenvalue weighted by Crippen LogP contribution is 2.18. The lowest BCUT2D eigenvalue weighted by molar-refractivity contribution is -0.118. The van der Waals surface area contributed by atoms with Gasteiger partial charge in [0.2, 0.25) is 5.91 Å². The van der Waals surface area contributed by atoms with Gasteiger partial charge in [0.1, 0.15) is 6.04 Å². The van der Waals surface area contributed by atoms with E-state index in [1.54, 1.807) is 18.2 Å². The molecule has 7 nitrogen and oxygen atoms in total. The minimum Gasteiger partial charge on any atom is -0.453 e. The third-order valence-corrected chi connectivity index (χ3v) is 3.60. The monoisotopic (exact) mass is 349 g/mol. The third-order valence-electron chi connectivity index (χ3n) is 3.60. The minimum atomic E-state index is -0.722. The maximum Gasteiger partial charge on any atom is 0.407 e. The number of carbonyl (C=O) groups is 3. The number of alkyl carbamates (subject to hydrolysis) is 1. The van der Waals surface area contributed by atoms with Crippen LogP contribution in [0.25, 0.3) is 0 Å². The van der Waals surface area contributed by atoms with Crippen LogP contribution in [0.2, 0.25) is 0 Å². The summed E-state index contributed by atoms with van der Waals surface area (Å²) in [5.41, 5.74) is 1.82. The normalized spacial score (nSPS) is 11.6. The minimum absolute atomic E-state index is 0.204. The van der Waals surface area contributed by atoms with Gasteiger partial charge >= 0.3 is 6.09 Å². The van der Waals surface area contributed by atoms with Crippen LogP contribution in [0, 0.1) is 12.8 Å². The van der Waals surface area contributed by atoms with Crippen molar-refractivity contribution in [1.29, 1.82) is 0 Å². The fourth-order valence-electron chi connectivity index (χ4n) is 2.28. The van der Waals surface area contributed by atoms with Crippen LogP contribution in [-0.2, 0) is 9.53 Å². The van der Waals surface area contributed by atoms with E-state index in [1.807, 2.05) is 27.7 Å². The van der Waals surface area contributed by atoms with E-state index in [4.69, 9.17) is 0 Å². The van der Waals surface area contributed by atoms with Crippen LogP contribution in [0.5, 0.6) is 0 Å². The second-order valence-corrected chi connectivity index (χ2v) is 6.20. The molecule has 0 radical (unpaired) electrons. The topological polar surface area (TPSA) is 96.5 Å². The average molecular weight is 349 g/mol. The molecule has 0 aliphatic rings. The summed E-state index contributed by atoms with van der Waals surface area (Å²) in [5, 5.41) is 8.06. The van der Waals surface area contributed by atoms with Crippen LogP contribution in [-0.4, -0.2) is 37.6 Å². The molecule has 25 heavy (non-hydrogen) atoms. The molecule has 0 saturated heterocycles. The Morgan fingerprint density at radius 3 is 2.44 bits per heavy atom. The fraction of sp³-hybridized carbons (Fsp3) is 0.500. The Morgan fingerprint density at radius 2 is 1.88 bits per heavy atom. The lowest BCUT2D eigenvalue weighted by atomic mass is 10.0. The Kier molecular flexibility index (Phi) is 7.91. The Balaban J connectivity index is 2.96. The smallest absolute Gasteiger partial charge is 0.407 e. The van der Waals surface area contributed by atoms with Crippen molar-refractivity contribution in [1.82, 2.24) is 10.6 Å². The van der Waals surface area contributed by atoms with E-state index in [-0.39, 0.29) is 17.7 Å². The number of anilines is 1. The van der Waals surface area contributed by atoms with Gasteiger partial charge < -0.3 is 20.7 Å². The van der Waals surface area contributed by atoms with E-state index in [9.17, 15) is 14.4 Å². The van der Waals surface area contributed by atoms with Gasteiger partial charge in [-0.05, 0) is 43.9 Å². The van der Waals surface area contributed by atoms with Gasteiger partial charge in [-0.1, -0.05) is 19.9 Å². The Hall–Kier alpha value is -2.57. The molecule has 0 saturated carbocycles. The van der Waals surface area contributed by atoms with Gasteiger partial charge in [-0.3, -0.25) is 9.59 Å². The van der Waals surface area contributed by atoms with Crippen LogP contribution in [0.4, 0.5) is 10.5 Å². The van der Waals surface area contributed by atoms with Gasteiger partial charge in [-0.2, -0.15) is 0 Å². The van der Waals surface area contributed by atoms with Crippen molar-refractivity contribution in [2.75, 3.05) is 19.0 Å². The van der Waals surface area contributed by atoms with E-state index in [0.29, 0.717) is 24.2 Å². The summed E-state index contributed by atoms with van der Waals surface area (Å²) in [6.45, 7) is 8.11. The molecule has 7 heteroatoms. The van der Waals surface area contributed by atoms with E-state index >= 15 is 0 Å². The van der Waals surface area contributed by atoms with Crippen molar-refractivity contribution in [3.05, 3.63) is 29.3 Å². The number of amides is 3. The van der Waals surface area contributed by atoms with Crippen molar-refractivity contribution in [2.24, 2.45) is 5.92 Å². The number of hydrogen-bond acceptors (Lipinski definition) is 4. The molecule has 3 N–H and O–H groups in total. The number of hydrogen-bond donors (Lipinski definition) is 3. The Labute approximate surface area is 148 Å². The van der Waals surface area contributed by atoms with Gasteiger partial charge in [0, 0.05) is 17.8 Å². The molecule has 3 amide bonds. The number of methoxy groups -OCH3 is 1. The second-order valence-electron chi connectivity index (χ2n) is 6.20. The highest BCUT2D eigenvalue weighted by Gasteiger charge is 2.23. The molecule has 0 spiro atoms. The number of ether oxygens (including phenoxy) is 1. The number of rotatable bonds is 7. The van der Waals surface area contributed by atoms with E-state index in [1.165, 1.54) is 7.11 Å². The van der Waals surface area contributed by atoms with Gasteiger partial charge in [0.25, 0.3) is 5.91 Å². The zero-order chi connectivity index (χ0) is 19.0. The molecule has 0 aliphatic carbocycles. The fourth-order valence-corrected chi connectivity index (χ4v) is 2.28. The summed E-state index contributed by atoms with van der Waals surface area (Å²) < 4.78 is 4.58. The molecule has 1 rings (SSSR count). The van der Waals surface area contributed by atoms with E-state index in [2.05, 4.69) is 20.7 Å². The van der Waals surface area contributed by atoms with Crippen LogP contribution < -0.4 is 16.0 Å². The molecule has 138 valence electrons. The van der Waals surface area contributed by atoms with Crippen molar-refractivity contribution in [2.45, 2.75) is 40.2 Å². The Bertz CT molecular complexity index is 629. The summed E-state index contributed by atoms with van der Waals surface area (Å²) >= 11 is 0. The molecular formula is C18H27N3O4. The highest BCUT2D eigenvalue weighted by molar-refractivity contribution is 6.00. The van der Waals surface area contributed by atoms with Crippen LogP contribution in [0.1, 0.15) is 43.1 Å². The lowest BCUT2D eigenvalue weighted by Crippen LogP contribution is -2.44. The first-order valence-electron chi connectivity index (χ1n) is 8.32. The van der Waals surface area contributed by atoms with Gasteiger partial charge in [0.05, 0.1) is 7.11 Å². The molecular weight excluding hydrogens is 322 g/mol. The van der Waals surface area contributed by atoms with Crippen molar-refractivity contribution in [3.63, 3.8) is 0 Å². The molecule has 0 aromatic heterocycles. The number of carbonyl (C=O) groups excluding carboxylic acids is 3. The first-order chi connectivity index (χ1) is 11.8.